The second-order valence-corrected chi connectivity index (χ2v) is 5.99. The maximum atomic E-state index is 6.20. The Kier molecular flexibility index (Phi) is 3.57. The van der Waals surface area contributed by atoms with E-state index in [0.29, 0.717) is 22.5 Å². The molecule has 100 valence electrons. The molecule has 1 atom stereocenters. The zero-order valence-corrected chi connectivity index (χ0v) is 12.0. The first-order valence-electron chi connectivity index (χ1n) is 6.49. The number of rotatable bonds is 4. The molecule has 1 unspecified atom stereocenters. The molecule has 0 bridgehead atoms. The normalized spacial score (nSPS) is 16.6. The summed E-state index contributed by atoms with van der Waals surface area (Å²) in [6.07, 6.45) is 6.64. The fraction of sp³-hybridized carbons (Fsp3) is 0.333. The van der Waals surface area contributed by atoms with Crippen molar-refractivity contribution in [3.63, 3.8) is 0 Å². The van der Waals surface area contributed by atoms with Gasteiger partial charge in [0.1, 0.15) is 0 Å². The molecule has 2 aromatic rings. The predicted molar refractivity (Wildman–Crippen MR) is 79.6 cm³/mol. The van der Waals surface area contributed by atoms with Gasteiger partial charge in [-0.2, -0.15) is 0 Å². The minimum atomic E-state index is 0.169. The van der Waals surface area contributed by atoms with Crippen molar-refractivity contribution in [1.82, 2.24) is 4.57 Å². The van der Waals surface area contributed by atoms with Crippen LogP contribution in [0.15, 0.2) is 36.7 Å². The molecule has 1 fully saturated rings. The maximum absolute atomic E-state index is 6.20. The third kappa shape index (κ3) is 2.81. The number of hydrogen-bond donors (Lipinski definition) is 1. The monoisotopic (exact) mass is 294 g/mol. The number of nitrogens with zero attached hydrogens (tertiary/aromatic N) is 1. The third-order valence-electron chi connectivity index (χ3n) is 3.69. The topological polar surface area (TPSA) is 30.9 Å². The van der Waals surface area contributed by atoms with E-state index in [1.54, 1.807) is 0 Å². The first-order valence-corrected chi connectivity index (χ1v) is 7.25. The van der Waals surface area contributed by atoms with E-state index in [4.69, 9.17) is 28.9 Å². The van der Waals surface area contributed by atoms with E-state index in [2.05, 4.69) is 16.8 Å². The summed E-state index contributed by atoms with van der Waals surface area (Å²) in [5.41, 5.74) is 8.35. The maximum Gasteiger partial charge on any atom is 0.0499 e. The highest BCUT2D eigenvalue weighted by atomic mass is 35.5. The molecule has 0 radical (unpaired) electrons. The smallest absolute Gasteiger partial charge is 0.0499 e. The van der Waals surface area contributed by atoms with Gasteiger partial charge in [0.2, 0.25) is 0 Å². The molecule has 1 heterocycles. The zero-order chi connectivity index (χ0) is 13.4. The van der Waals surface area contributed by atoms with Gasteiger partial charge in [-0.05, 0) is 42.5 Å². The number of halogens is 2. The average molecular weight is 295 g/mol. The Bertz CT molecular complexity index is 567. The second-order valence-electron chi connectivity index (χ2n) is 5.18. The summed E-state index contributed by atoms with van der Waals surface area (Å²) in [7, 11) is 0. The van der Waals surface area contributed by atoms with Gasteiger partial charge < -0.3 is 10.3 Å². The van der Waals surface area contributed by atoms with Gasteiger partial charge in [0, 0.05) is 40.6 Å². The highest BCUT2D eigenvalue weighted by molar-refractivity contribution is 6.35. The molecule has 3 rings (SSSR count). The molecule has 0 aliphatic heterocycles. The van der Waals surface area contributed by atoms with Crippen LogP contribution in [0.4, 0.5) is 0 Å². The van der Waals surface area contributed by atoms with E-state index < -0.39 is 0 Å². The van der Waals surface area contributed by atoms with Crippen molar-refractivity contribution >= 4 is 23.2 Å². The molecule has 4 heteroatoms. The molecule has 0 saturated heterocycles. The van der Waals surface area contributed by atoms with Gasteiger partial charge in [0.25, 0.3) is 0 Å². The van der Waals surface area contributed by atoms with Gasteiger partial charge in [-0.25, -0.2) is 0 Å². The Morgan fingerprint density at radius 1 is 1.21 bits per heavy atom. The number of aromatic nitrogens is 1. The van der Waals surface area contributed by atoms with Crippen molar-refractivity contribution in [3.8, 4) is 0 Å². The highest BCUT2D eigenvalue weighted by Crippen LogP contribution is 2.39. The van der Waals surface area contributed by atoms with Crippen molar-refractivity contribution in [2.24, 2.45) is 11.7 Å². The molecule has 1 saturated carbocycles. The fourth-order valence-electron chi connectivity index (χ4n) is 2.35. The standard InChI is InChI=1S/C15H16Cl2N2/c16-13-2-1-3-14(17)12(13)9-19-7-6-11(8-19)15(18)10-4-5-10/h1-3,6-8,10,15H,4-5,9,18H2. The lowest BCUT2D eigenvalue weighted by Gasteiger charge is -2.09. The first-order chi connectivity index (χ1) is 9.15. The van der Waals surface area contributed by atoms with E-state index in [1.807, 2.05) is 24.4 Å². The predicted octanol–water partition coefficient (Wildman–Crippen LogP) is 4.25. The summed E-state index contributed by atoms with van der Waals surface area (Å²) < 4.78 is 2.09. The molecule has 1 aromatic heterocycles. The van der Waals surface area contributed by atoms with Crippen LogP contribution >= 0.6 is 23.2 Å². The third-order valence-corrected chi connectivity index (χ3v) is 4.40. The van der Waals surface area contributed by atoms with Crippen LogP contribution in [0, 0.1) is 5.92 Å². The van der Waals surface area contributed by atoms with Gasteiger partial charge in [0.15, 0.2) is 0 Å². The molecule has 1 aromatic carbocycles. The lowest BCUT2D eigenvalue weighted by Crippen LogP contribution is -2.11. The SMILES string of the molecule is NC(c1ccn(Cc2c(Cl)cccc2Cl)c1)C1CC1. The van der Waals surface area contributed by atoms with E-state index in [0.717, 1.165) is 5.56 Å². The molecular weight excluding hydrogens is 279 g/mol. The lowest BCUT2D eigenvalue weighted by molar-refractivity contribution is 0.631. The summed E-state index contributed by atoms with van der Waals surface area (Å²) in [6.45, 7) is 0.676. The quantitative estimate of drug-likeness (QED) is 0.898. The Morgan fingerprint density at radius 2 is 1.89 bits per heavy atom. The number of hydrogen-bond acceptors (Lipinski definition) is 1. The first kappa shape index (κ1) is 13.0. The van der Waals surface area contributed by atoms with Crippen molar-refractivity contribution in [3.05, 3.63) is 57.8 Å². The molecule has 2 N–H and O–H groups in total. The van der Waals surface area contributed by atoms with Crippen molar-refractivity contribution in [2.75, 3.05) is 0 Å². The van der Waals surface area contributed by atoms with Gasteiger partial charge in [-0.1, -0.05) is 29.3 Å². The molecule has 1 aliphatic rings. The van der Waals surface area contributed by atoms with Crippen LogP contribution in [0.1, 0.15) is 30.0 Å². The van der Waals surface area contributed by atoms with Crippen LogP contribution < -0.4 is 5.73 Å². The van der Waals surface area contributed by atoms with Crippen LogP contribution in [0.25, 0.3) is 0 Å². The number of benzene rings is 1. The molecule has 2 nitrogen and oxygen atoms in total. The lowest BCUT2D eigenvalue weighted by atomic mass is 10.1. The van der Waals surface area contributed by atoms with Gasteiger partial charge >= 0.3 is 0 Å². The molecule has 0 amide bonds. The minimum absolute atomic E-state index is 0.169. The van der Waals surface area contributed by atoms with E-state index in [9.17, 15) is 0 Å². The van der Waals surface area contributed by atoms with Gasteiger partial charge in [0.05, 0.1) is 0 Å². The Labute approximate surface area is 123 Å². The number of nitrogens with two attached hydrogens (primary N) is 1. The van der Waals surface area contributed by atoms with Crippen LogP contribution in [-0.2, 0) is 6.54 Å². The van der Waals surface area contributed by atoms with Crippen molar-refractivity contribution in [1.29, 1.82) is 0 Å². The second kappa shape index (κ2) is 5.20. The average Bonchev–Trinajstić information content (AvgIpc) is 3.13. The Hall–Kier alpha value is -0.960. The summed E-state index contributed by atoms with van der Waals surface area (Å²) in [5.74, 6) is 0.666. The van der Waals surface area contributed by atoms with Crippen LogP contribution in [0.3, 0.4) is 0 Å². The van der Waals surface area contributed by atoms with Gasteiger partial charge in [-0.3, -0.25) is 0 Å². The van der Waals surface area contributed by atoms with Crippen LogP contribution in [0.5, 0.6) is 0 Å². The summed E-state index contributed by atoms with van der Waals surface area (Å²) >= 11 is 12.4. The van der Waals surface area contributed by atoms with E-state index in [1.165, 1.54) is 18.4 Å². The van der Waals surface area contributed by atoms with Crippen molar-refractivity contribution < 1.29 is 0 Å². The summed E-state index contributed by atoms with van der Waals surface area (Å²) in [6, 6.07) is 7.85. The molecule has 1 aliphatic carbocycles. The van der Waals surface area contributed by atoms with E-state index in [-0.39, 0.29) is 6.04 Å². The van der Waals surface area contributed by atoms with Gasteiger partial charge in [-0.15, -0.1) is 0 Å². The molecular formula is C15H16Cl2N2. The minimum Gasteiger partial charge on any atom is -0.349 e. The molecule has 0 spiro atoms. The van der Waals surface area contributed by atoms with Crippen molar-refractivity contribution in [2.45, 2.75) is 25.4 Å². The summed E-state index contributed by atoms with van der Waals surface area (Å²) in [5, 5.41) is 1.41. The zero-order valence-electron chi connectivity index (χ0n) is 10.5. The fourth-order valence-corrected chi connectivity index (χ4v) is 2.87. The van der Waals surface area contributed by atoms with Crippen LogP contribution in [0.2, 0.25) is 10.0 Å². The van der Waals surface area contributed by atoms with E-state index >= 15 is 0 Å². The molecule has 19 heavy (non-hydrogen) atoms. The summed E-state index contributed by atoms with van der Waals surface area (Å²) in [4.78, 5) is 0. The highest BCUT2D eigenvalue weighted by Gasteiger charge is 2.29. The van der Waals surface area contributed by atoms with Crippen LogP contribution in [-0.4, -0.2) is 4.57 Å². The Morgan fingerprint density at radius 3 is 2.53 bits per heavy atom. The Balaban J connectivity index is 1.80. The largest absolute Gasteiger partial charge is 0.349 e.